The van der Waals surface area contributed by atoms with Crippen molar-refractivity contribution in [2.24, 2.45) is 0 Å². The number of ether oxygens (including phenoxy) is 1. The molecule has 0 saturated carbocycles. The third-order valence-corrected chi connectivity index (χ3v) is 2.62. The van der Waals surface area contributed by atoms with Gasteiger partial charge in [0.15, 0.2) is 5.82 Å². The standard InChI is InChI=1S/C12H11F3N4O3/c1-2-22-11(21)19-18-9-7-4-3-6(12(13,14)15)5-8(7)16-10(20)17-9/h3-5H,2H2,1H3,(H,19,21)(H2,16,17,18,20). The van der Waals surface area contributed by atoms with E-state index in [1.807, 2.05) is 0 Å². The number of carbonyl (C=O) groups is 1. The first-order valence-electron chi connectivity index (χ1n) is 6.11. The van der Waals surface area contributed by atoms with E-state index in [0.717, 1.165) is 18.2 Å². The molecule has 7 nitrogen and oxygen atoms in total. The highest BCUT2D eigenvalue weighted by atomic mass is 19.4. The molecule has 0 atom stereocenters. The number of aromatic nitrogens is 2. The van der Waals surface area contributed by atoms with Gasteiger partial charge >= 0.3 is 18.0 Å². The van der Waals surface area contributed by atoms with E-state index in [1.54, 1.807) is 6.92 Å². The monoisotopic (exact) mass is 316 g/mol. The van der Waals surface area contributed by atoms with Crippen LogP contribution in [0.25, 0.3) is 10.9 Å². The van der Waals surface area contributed by atoms with Crippen molar-refractivity contribution in [3.8, 4) is 0 Å². The summed E-state index contributed by atoms with van der Waals surface area (Å²) in [5.74, 6) is -0.0967. The number of carbonyl (C=O) groups excluding carboxylic acids is 1. The van der Waals surface area contributed by atoms with E-state index in [2.05, 4.69) is 25.6 Å². The molecule has 22 heavy (non-hydrogen) atoms. The highest BCUT2D eigenvalue weighted by Crippen LogP contribution is 2.31. The van der Waals surface area contributed by atoms with Crippen molar-refractivity contribution in [3.05, 3.63) is 34.2 Å². The molecule has 1 aromatic heterocycles. The molecule has 0 aliphatic rings. The van der Waals surface area contributed by atoms with Crippen molar-refractivity contribution in [2.75, 3.05) is 12.0 Å². The fraction of sp³-hybridized carbons (Fsp3) is 0.250. The van der Waals surface area contributed by atoms with E-state index < -0.39 is 23.5 Å². The fourth-order valence-corrected chi connectivity index (χ4v) is 1.71. The fourth-order valence-electron chi connectivity index (χ4n) is 1.71. The van der Waals surface area contributed by atoms with Crippen molar-refractivity contribution >= 4 is 22.8 Å². The average Bonchev–Trinajstić information content (AvgIpc) is 2.43. The maximum absolute atomic E-state index is 12.7. The number of fused-ring (bicyclic) bond motifs is 1. The van der Waals surface area contributed by atoms with Gasteiger partial charge in [0.05, 0.1) is 17.7 Å². The van der Waals surface area contributed by atoms with Crippen LogP contribution in [0.1, 0.15) is 12.5 Å². The third kappa shape index (κ3) is 3.45. The van der Waals surface area contributed by atoms with Gasteiger partial charge in [-0.3, -0.25) is 5.43 Å². The molecule has 2 rings (SSSR count). The summed E-state index contributed by atoms with van der Waals surface area (Å²) >= 11 is 0. The molecule has 0 aliphatic carbocycles. The number of benzene rings is 1. The van der Waals surface area contributed by atoms with Crippen molar-refractivity contribution in [2.45, 2.75) is 13.1 Å². The number of H-pyrrole nitrogens is 1. The maximum Gasteiger partial charge on any atom is 0.425 e. The highest BCUT2D eigenvalue weighted by Gasteiger charge is 2.30. The van der Waals surface area contributed by atoms with Gasteiger partial charge in [0.1, 0.15) is 0 Å². The Morgan fingerprint density at radius 1 is 1.41 bits per heavy atom. The molecule has 0 unspecified atom stereocenters. The minimum absolute atomic E-state index is 0.0667. The Hall–Kier alpha value is -2.78. The van der Waals surface area contributed by atoms with E-state index in [0.29, 0.717) is 0 Å². The third-order valence-electron chi connectivity index (χ3n) is 2.62. The number of nitrogens with one attached hydrogen (secondary N) is 3. The number of aromatic amines is 1. The number of amides is 1. The van der Waals surface area contributed by atoms with Gasteiger partial charge in [0.25, 0.3) is 0 Å². The molecule has 10 heteroatoms. The Bertz CT molecular complexity index is 757. The first-order chi connectivity index (χ1) is 10.3. The first-order valence-corrected chi connectivity index (χ1v) is 6.11. The molecule has 0 aliphatic heterocycles. The summed E-state index contributed by atoms with van der Waals surface area (Å²) in [6, 6.07) is 2.77. The van der Waals surface area contributed by atoms with E-state index in [9.17, 15) is 22.8 Å². The van der Waals surface area contributed by atoms with Crippen LogP contribution < -0.4 is 16.5 Å². The average molecular weight is 316 g/mol. The molecule has 1 aromatic carbocycles. The van der Waals surface area contributed by atoms with E-state index in [1.165, 1.54) is 0 Å². The normalized spacial score (nSPS) is 11.3. The second-order valence-corrected chi connectivity index (χ2v) is 4.12. The van der Waals surface area contributed by atoms with Crippen LogP contribution in [-0.2, 0) is 10.9 Å². The van der Waals surface area contributed by atoms with Gasteiger partial charge in [-0.1, -0.05) is 0 Å². The van der Waals surface area contributed by atoms with Gasteiger partial charge in [-0.2, -0.15) is 18.2 Å². The summed E-state index contributed by atoms with van der Waals surface area (Å²) in [6.07, 6.45) is -5.35. The zero-order valence-electron chi connectivity index (χ0n) is 11.2. The van der Waals surface area contributed by atoms with Crippen molar-refractivity contribution in [3.63, 3.8) is 0 Å². The molecular formula is C12H11F3N4O3. The number of hydrogen-bond acceptors (Lipinski definition) is 5. The number of rotatable bonds is 3. The lowest BCUT2D eigenvalue weighted by atomic mass is 10.1. The molecule has 2 aromatic rings. The SMILES string of the molecule is CCOC(=O)NNc1nc(=O)[nH]c2cc(C(F)(F)F)ccc12. The Morgan fingerprint density at radius 2 is 2.14 bits per heavy atom. The molecule has 1 heterocycles. The van der Waals surface area contributed by atoms with Gasteiger partial charge in [-0.05, 0) is 25.1 Å². The van der Waals surface area contributed by atoms with Crippen LogP contribution in [0.3, 0.4) is 0 Å². The molecule has 0 bridgehead atoms. The second-order valence-electron chi connectivity index (χ2n) is 4.12. The predicted molar refractivity (Wildman–Crippen MR) is 71.1 cm³/mol. The largest absolute Gasteiger partial charge is 0.449 e. The summed E-state index contributed by atoms with van der Waals surface area (Å²) < 4.78 is 42.6. The first kappa shape index (κ1) is 15.6. The Kier molecular flexibility index (Phi) is 4.20. The molecular weight excluding hydrogens is 305 g/mol. The van der Waals surface area contributed by atoms with Crippen LogP contribution in [0.2, 0.25) is 0 Å². The van der Waals surface area contributed by atoms with Crippen LogP contribution in [0.15, 0.2) is 23.0 Å². The van der Waals surface area contributed by atoms with Crippen LogP contribution in [-0.4, -0.2) is 22.7 Å². The van der Waals surface area contributed by atoms with Crippen molar-refractivity contribution in [1.29, 1.82) is 0 Å². The summed E-state index contributed by atoms with van der Waals surface area (Å²) in [7, 11) is 0. The smallest absolute Gasteiger partial charge is 0.425 e. The molecule has 0 radical (unpaired) electrons. The Balaban J connectivity index is 2.39. The molecule has 3 N–H and O–H groups in total. The van der Waals surface area contributed by atoms with E-state index >= 15 is 0 Å². The van der Waals surface area contributed by atoms with Gasteiger partial charge < -0.3 is 9.72 Å². The Morgan fingerprint density at radius 3 is 2.77 bits per heavy atom. The lowest BCUT2D eigenvalue weighted by Crippen LogP contribution is -2.31. The molecule has 0 spiro atoms. The van der Waals surface area contributed by atoms with Gasteiger partial charge in [0, 0.05) is 5.39 Å². The number of hydrogen-bond donors (Lipinski definition) is 3. The molecule has 0 fully saturated rings. The maximum atomic E-state index is 12.7. The zero-order chi connectivity index (χ0) is 16.3. The predicted octanol–water partition coefficient (Wildman–Crippen LogP) is 2.01. The highest BCUT2D eigenvalue weighted by molar-refractivity contribution is 5.89. The number of nitrogens with zero attached hydrogens (tertiary/aromatic N) is 1. The number of halogens is 3. The quantitative estimate of drug-likeness (QED) is 0.753. The number of hydrazine groups is 1. The zero-order valence-corrected chi connectivity index (χ0v) is 11.2. The molecule has 0 saturated heterocycles. The summed E-state index contributed by atoms with van der Waals surface area (Å²) in [5.41, 5.74) is 2.61. The number of anilines is 1. The summed E-state index contributed by atoms with van der Waals surface area (Å²) in [6.45, 7) is 1.73. The lowest BCUT2D eigenvalue weighted by molar-refractivity contribution is -0.137. The van der Waals surface area contributed by atoms with E-state index in [4.69, 9.17) is 0 Å². The lowest BCUT2D eigenvalue weighted by Gasteiger charge is -2.11. The minimum atomic E-state index is -4.54. The summed E-state index contributed by atoms with van der Waals surface area (Å²) in [5, 5.41) is 0.199. The van der Waals surface area contributed by atoms with Crippen LogP contribution in [0.4, 0.5) is 23.8 Å². The Labute approximate surface area is 121 Å². The van der Waals surface area contributed by atoms with Crippen LogP contribution in [0, 0.1) is 0 Å². The van der Waals surface area contributed by atoms with Gasteiger partial charge in [-0.15, -0.1) is 0 Å². The molecule has 118 valence electrons. The number of alkyl halides is 3. The van der Waals surface area contributed by atoms with Gasteiger partial charge in [-0.25, -0.2) is 15.0 Å². The second kappa shape index (κ2) is 5.92. The molecule has 1 amide bonds. The summed E-state index contributed by atoms with van der Waals surface area (Å²) in [4.78, 5) is 28.3. The van der Waals surface area contributed by atoms with Crippen LogP contribution in [0.5, 0.6) is 0 Å². The van der Waals surface area contributed by atoms with E-state index in [-0.39, 0.29) is 23.3 Å². The van der Waals surface area contributed by atoms with Crippen LogP contribution >= 0.6 is 0 Å². The minimum Gasteiger partial charge on any atom is -0.449 e. The van der Waals surface area contributed by atoms with Crippen molar-refractivity contribution in [1.82, 2.24) is 15.4 Å². The van der Waals surface area contributed by atoms with Gasteiger partial charge in [0.2, 0.25) is 0 Å². The van der Waals surface area contributed by atoms with Crippen molar-refractivity contribution < 1.29 is 22.7 Å². The topological polar surface area (TPSA) is 96.1 Å².